The number of likely N-dealkylation sites (tertiary alicyclic amines) is 1. The van der Waals surface area contributed by atoms with Crippen LogP contribution < -0.4 is 5.32 Å². The molecule has 0 radical (unpaired) electrons. The standard InChI is InChI=1S/C17H25FN2OS/c1-14-5-2-3-11-20(14)12-4-10-19-17(21)13-22-16-8-6-15(18)7-9-16/h6-9,14H,2-5,10-13H2,1H3,(H,19,21). The smallest absolute Gasteiger partial charge is 0.230 e. The monoisotopic (exact) mass is 324 g/mol. The second kappa shape index (κ2) is 9.16. The van der Waals surface area contributed by atoms with E-state index >= 15 is 0 Å². The summed E-state index contributed by atoms with van der Waals surface area (Å²) in [5.74, 6) is 0.174. The molecule has 1 aromatic rings. The fraction of sp³-hybridized carbons (Fsp3) is 0.588. The highest BCUT2D eigenvalue weighted by Crippen LogP contribution is 2.18. The maximum atomic E-state index is 12.8. The molecule has 1 amide bonds. The van der Waals surface area contributed by atoms with Crippen LogP contribution in [0.1, 0.15) is 32.6 Å². The number of amides is 1. The van der Waals surface area contributed by atoms with Gasteiger partial charge in [0.1, 0.15) is 5.82 Å². The molecule has 122 valence electrons. The lowest BCUT2D eigenvalue weighted by molar-refractivity contribution is -0.118. The van der Waals surface area contributed by atoms with E-state index in [0.29, 0.717) is 11.8 Å². The van der Waals surface area contributed by atoms with Crippen LogP contribution >= 0.6 is 11.8 Å². The average molecular weight is 324 g/mol. The molecule has 1 aromatic carbocycles. The Hall–Kier alpha value is -1.07. The number of benzene rings is 1. The number of carbonyl (C=O) groups is 1. The minimum Gasteiger partial charge on any atom is -0.355 e. The molecule has 1 aliphatic heterocycles. The van der Waals surface area contributed by atoms with Crippen LogP contribution in [0.4, 0.5) is 4.39 Å². The van der Waals surface area contributed by atoms with E-state index in [1.54, 1.807) is 12.1 Å². The molecule has 1 fully saturated rings. The first-order valence-corrected chi connectivity index (χ1v) is 9.03. The molecule has 1 heterocycles. The summed E-state index contributed by atoms with van der Waals surface area (Å²) in [6, 6.07) is 6.91. The van der Waals surface area contributed by atoms with E-state index in [1.165, 1.54) is 49.7 Å². The van der Waals surface area contributed by atoms with E-state index in [0.717, 1.165) is 24.4 Å². The highest BCUT2D eigenvalue weighted by molar-refractivity contribution is 8.00. The lowest BCUT2D eigenvalue weighted by atomic mass is 10.0. The Kier molecular flexibility index (Phi) is 7.19. The molecule has 2 rings (SSSR count). The third kappa shape index (κ3) is 5.97. The van der Waals surface area contributed by atoms with Crippen molar-refractivity contribution in [1.82, 2.24) is 10.2 Å². The first kappa shape index (κ1) is 17.3. The number of carbonyl (C=O) groups excluding carboxylic acids is 1. The highest BCUT2D eigenvalue weighted by Gasteiger charge is 2.17. The molecule has 0 aromatic heterocycles. The molecule has 0 bridgehead atoms. The van der Waals surface area contributed by atoms with Crippen LogP contribution in [0.3, 0.4) is 0 Å². The summed E-state index contributed by atoms with van der Waals surface area (Å²) in [7, 11) is 0. The number of halogens is 1. The van der Waals surface area contributed by atoms with Gasteiger partial charge in [-0.25, -0.2) is 4.39 Å². The van der Waals surface area contributed by atoms with Crippen molar-refractivity contribution in [2.75, 3.05) is 25.4 Å². The largest absolute Gasteiger partial charge is 0.355 e. The van der Waals surface area contributed by atoms with Crippen LogP contribution in [0.5, 0.6) is 0 Å². The molecule has 3 nitrogen and oxygen atoms in total. The molecule has 5 heteroatoms. The van der Waals surface area contributed by atoms with Crippen molar-refractivity contribution in [2.45, 2.75) is 43.5 Å². The molecular formula is C17H25FN2OS. The van der Waals surface area contributed by atoms with Crippen molar-refractivity contribution in [3.63, 3.8) is 0 Å². The van der Waals surface area contributed by atoms with Gasteiger partial charge in [-0.05, 0) is 57.0 Å². The summed E-state index contributed by atoms with van der Waals surface area (Å²) >= 11 is 1.43. The topological polar surface area (TPSA) is 32.3 Å². The Morgan fingerprint density at radius 1 is 1.36 bits per heavy atom. The van der Waals surface area contributed by atoms with Gasteiger partial charge in [-0.2, -0.15) is 0 Å². The zero-order valence-electron chi connectivity index (χ0n) is 13.2. The molecule has 1 unspecified atom stereocenters. The van der Waals surface area contributed by atoms with E-state index in [2.05, 4.69) is 17.1 Å². The van der Waals surface area contributed by atoms with Crippen molar-refractivity contribution in [3.8, 4) is 0 Å². The van der Waals surface area contributed by atoms with Crippen LogP contribution in [-0.4, -0.2) is 42.2 Å². The third-order valence-electron chi connectivity index (χ3n) is 4.07. The van der Waals surface area contributed by atoms with E-state index in [1.807, 2.05) is 0 Å². The number of piperidine rings is 1. The maximum absolute atomic E-state index is 12.8. The molecule has 0 aliphatic carbocycles. The fourth-order valence-electron chi connectivity index (χ4n) is 2.73. The molecule has 0 saturated carbocycles. The second-order valence-electron chi connectivity index (χ2n) is 5.83. The highest BCUT2D eigenvalue weighted by atomic mass is 32.2. The number of hydrogen-bond donors (Lipinski definition) is 1. The number of nitrogens with one attached hydrogen (secondary N) is 1. The Morgan fingerprint density at radius 2 is 2.14 bits per heavy atom. The SMILES string of the molecule is CC1CCCCN1CCCNC(=O)CSc1ccc(F)cc1. The number of rotatable bonds is 7. The summed E-state index contributed by atoms with van der Waals surface area (Å²) < 4.78 is 12.8. The molecule has 1 aliphatic rings. The Labute approximate surface area is 136 Å². The number of nitrogens with zero attached hydrogens (tertiary/aromatic N) is 1. The van der Waals surface area contributed by atoms with Gasteiger partial charge in [-0.3, -0.25) is 4.79 Å². The van der Waals surface area contributed by atoms with Crippen LogP contribution in [0.15, 0.2) is 29.2 Å². The van der Waals surface area contributed by atoms with Crippen molar-refractivity contribution < 1.29 is 9.18 Å². The van der Waals surface area contributed by atoms with Gasteiger partial charge in [-0.1, -0.05) is 6.42 Å². The lowest BCUT2D eigenvalue weighted by Gasteiger charge is -2.33. The summed E-state index contributed by atoms with van der Waals surface area (Å²) in [6.45, 7) is 5.27. The molecule has 1 atom stereocenters. The normalized spacial score (nSPS) is 19.1. The first-order valence-electron chi connectivity index (χ1n) is 8.04. The molecule has 1 N–H and O–H groups in total. The van der Waals surface area contributed by atoms with E-state index in [-0.39, 0.29) is 11.7 Å². The molecule has 0 spiro atoms. The quantitative estimate of drug-likeness (QED) is 0.617. The lowest BCUT2D eigenvalue weighted by Crippen LogP contribution is -2.39. The van der Waals surface area contributed by atoms with Gasteiger partial charge in [0.05, 0.1) is 5.75 Å². The van der Waals surface area contributed by atoms with Crippen molar-refractivity contribution in [1.29, 1.82) is 0 Å². The van der Waals surface area contributed by atoms with Crippen molar-refractivity contribution in [3.05, 3.63) is 30.1 Å². The van der Waals surface area contributed by atoms with Gasteiger partial charge in [0.25, 0.3) is 0 Å². The molecular weight excluding hydrogens is 299 g/mol. The van der Waals surface area contributed by atoms with Crippen LogP contribution in [0.25, 0.3) is 0 Å². The zero-order chi connectivity index (χ0) is 15.8. The Balaban J connectivity index is 1.56. The van der Waals surface area contributed by atoms with Gasteiger partial charge < -0.3 is 10.2 Å². The minimum atomic E-state index is -0.249. The minimum absolute atomic E-state index is 0.0426. The predicted octanol–water partition coefficient (Wildman–Crippen LogP) is 3.30. The first-order chi connectivity index (χ1) is 10.6. The molecule has 1 saturated heterocycles. The predicted molar refractivity (Wildman–Crippen MR) is 89.6 cm³/mol. The number of hydrogen-bond acceptors (Lipinski definition) is 3. The van der Waals surface area contributed by atoms with Gasteiger partial charge in [0.15, 0.2) is 0 Å². The van der Waals surface area contributed by atoms with Gasteiger partial charge >= 0.3 is 0 Å². The summed E-state index contributed by atoms with van der Waals surface area (Å²) in [5.41, 5.74) is 0. The van der Waals surface area contributed by atoms with E-state index in [4.69, 9.17) is 0 Å². The van der Waals surface area contributed by atoms with Crippen molar-refractivity contribution >= 4 is 17.7 Å². The van der Waals surface area contributed by atoms with E-state index < -0.39 is 0 Å². The Morgan fingerprint density at radius 3 is 2.86 bits per heavy atom. The van der Waals surface area contributed by atoms with Crippen LogP contribution in [-0.2, 0) is 4.79 Å². The third-order valence-corrected chi connectivity index (χ3v) is 5.08. The van der Waals surface area contributed by atoms with Crippen LogP contribution in [0, 0.1) is 5.82 Å². The van der Waals surface area contributed by atoms with Gasteiger partial charge in [0, 0.05) is 24.0 Å². The fourth-order valence-corrected chi connectivity index (χ4v) is 3.46. The molecule has 22 heavy (non-hydrogen) atoms. The summed E-state index contributed by atoms with van der Waals surface area (Å²) in [6.07, 6.45) is 4.93. The maximum Gasteiger partial charge on any atom is 0.230 e. The Bertz CT molecular complexity index is 466. The average Bonchev–Trinajstić information content (AvgIpc) is 2.52. The van der Waals surface area contributed by atoms with Crippen LogP contribution in [0.2, 0.25) is 0 Å². The van der Waals surface area contributed by atoms with Gasteiger partial charge in [-0.15, -0.1) is 11.8 Å². The van der Waals surface area contributed by atoms with Crippen molar-refractivity contribution in [2.24, 2.45) is 0 Å². The zero-order valence-corrected chi connectivity index (χ0v) is 14.0. The van der Waals surface area contributed by atoms with E-state index in [9.17, 15) is 9.18 Å². The summed E-state index contributed by atoms with van der Waals surface area (Å²) in [5, 5.41) is 2.96. The summed E-state index contributed by atoms with van der Waals surface area (Å²) in [4.78, 5) is 15.2. The second-order valence-corrected chi connectivity index (χ2v) is 6.88. The number of thioether (sulfide) groups is 1. The van der Waals surface area contributed by atoms with Gasteiger partial charge in [0.2, 0.25) is 5.91 Å².